The fraction of sp³-hybridized carbons (Fsp3) is 0.417. The SMILES string of the molecule is C[C@@H]1[C@H](C)CCC[C@@H]1NC(=O)COC(=O)c1ccccc1Cc1ccccc1. The zero-order valence-electron chi connectivity index (χ0n) is 16.7. The van der Waals surface area contributed by atoms with Gasteiger partial charge in [-0.05, 0) is 41.9 Å². The lowest BCUT2D eigenvalue weighted by molar-refractivity contribution is -0.125. The lowest BCUT2D eigenvalue weighted by Gasteiger charge is -2.34. The highest BCUT2D eigenvalue weighted by Crippen LogP contribution is 2.29. The van der Waals surface area contributed by atoms with Gasteiger partial charge >= 0.3 is 5.97 Å². The van der Waals surface area contributed by atoms with Gasteiger partial charge in [0.05, 0.1) is 5.56 Å². The summed E-state index contributed by atoms with van der Waals surface area (Å²) in [6.45, 7) is 4.17. The van der Waals surface area contributed by atoms with E-state index in [1.165, 1.54) is 6.42 Å². The zero-order chi connectivity index (χ0) is 19.9. The molecule has 3 atom stereocenters. The Morgan fingerprint density at radius 2 is 1.71 bits per heavy atom. The van der Waals surface area contributed by atoms with Crippen molar-refractivity contribution in [3.8, 4) is 0 Å². The lowest BCUT2D eigenvalue weighted by Crippen LogP contribution is -2.45. The average molecular weight is 380 g/mol. The van der Waals surface area contributed by atoms with Gasteiger partial charge in [-0.1, -0.05) is 75.2 Å². The number of carbonyl (C=O) groups is 2. The van der Waals surface area contributed by atoms with Crippen LogP contribution in [0.5, 0.6) is 0 Å². The van der Waals surface area contributed by atoms with Crippen molar-refractivity contribution in [1.29, 1.82) is 0 Å². The highest BCUT2D eigenvalue weighted by Gasteiger charge is 2.28. The normalized spacial score (nSPS) is 21.7. The van der Waals surface area contributed by atoms with Crippen molar-refractivity contribution in [3.63, 3.8) is 0 Å². The molecular weight excluding hydrogens is 350 g/mol. The Morgan fingerprint density at radius 3 is 2.50 bits per heavy atom. The van der Waals surface area contributed by atoms with Gasteiger partial charge in [-0.15, -0.1) is 0 Å². The summed E-state index contributed by atoms with van der Waals surface area (Å²) in [6.07, 6.45) is 3.98. The molecular formula is C24H29NO3. The second kappa shape index (κ2) is 9.54. The maximum absolute atomic E-state index is 12.6. The van der Waals surface area contributed by atoms with Gasteiger partial charge in [0.1, 0.15) is 0 Å². The summed E-state index contributed by atoms with van der Waals surface area (Å²) in [5.41, 5.74) is 2.54. The number of nitrogens with one attached hydrogen (secondary N) is 1. The molecule has 148 valence electrons. The second-order valence-corrected chi connectivity index (χ2v) is 7.84. The Bertz CT molecular complexity index is 803. The van der Waals surface area contributed by atoms with E-state index in [0.717, 1.165) is 24.0 Å². The fourth-order valence-corrected chi connectivity index (χ4v) is 3.93. The minimum atomic E-state index is -0.452. The number of esters is 1. The van der Waals surface area contributed by atoms with Gasteiger partial charge in [0.2, 0.25) is 0 Å². The van der Waals surface area contributed by atoms with Crippen molar-refractivity contribution in [3.05, 3.63) is 71.3 Å². The number of hydrogen-bond donors (Lipinski definition) is 1. The molecule has 1 amide bonds. The van der Waals surface area contributed by atoms with Crippen molar-refractivity contribution >= 4 is 11.9 Å². The highest BCUT2D eigenvalue weighted by molar-refractivity contribution is 5.92. The summed E-state index contributed by atoms with van der Waals surface area (Å²) in [6, 6.07) is 17.6. The number of benzene rings is 2. The first-order chi connectivity index (χ1) is 13.5. The first-order valence-corrected chi connectivity index (χ1v) is 10.1. The van der Waals surface area contributed by atoms with Gasteiger partial charge in [0.15, 0.2) is 6.61 Å². The Hall–Kier alpha value is -2.62. The van der Waals surface area contributed by atoms with Crippen molar-refractivity contribution in [2.24, 2.45) is 11.8 Å². The van der Waals surface area contributed by atoms with Gasteiger partial charge in [-0.2, -0.15) is 0 Å². The number of hydrogen-bond acceptors (Lipinski definition) is 3. The molecule has 0 saturated heterocycles. The molecule has 0 unspecified atom stereocenters. The third-order valence-electron chi connectivity index (χ3n) is 5.86. The van der Waals surface area contributed by atoms with E-state index >= 15 is 0 Å². The highest BCUT2D eigenvalue weighted by atomic mass is 16.5. The molecule has 1 aliphatic carbocycles. The summed E-state index contributed by atoms with van der Waals surface area (Å²) in [4.78, 5) is 24.9. The molecule has 1 aliphatic rings. The molecule has 4 nitrogen and oxygen atoms in total. The summed E-state index contributed by atoms with van der Waals surface area (Å²) in [7, 11) is 0. The van der Waals surface area contributed by atoms with Crippen molar-refractivity contribution in [1.82, 2.24) is 5.32 Å². The maximum Gasteiger partial charge on any atom is 0.338 e. The molecule has 2 aromatic rings. The van der Waals surface area contributed by atoms with Crippen LogP contribution in [0.4, 0.5) is 0 Å². The van der Waals surface area contributed by atoms with Gasteiger partial charge in [-0.3, -0.25) is 4.79 Å². The Labute approximate surface area is 167 Å². The number of ether oxygens (including phenoxy) is 1. The lowest BCUT2D eigenvalue weighted by atomic mass is 9.78. The molecule has 1 saturated carbocycles. The van der Waals surface area contributed by atoms with Crippen molar-refractivity contribution in [2.45, 2.75) is 45.6 Å². The van der Waals surface area contributed by atoms with Gasteiger partial charge in [0.25, 0.3) is 5.91 Å². The smallest absolute Gasteiger partial charge is 0.338 e. The molecule has 3 rings (SSSR count). The summed E-state index contributed by atoms with van der Waals surface area (Å²) in [5, 5.41) is 3.04. The first kappa shape index (κ1) is 20.1. The molecule has 4 heteroatoms. The van der Waals surface area contributed by atoms with E-state index in [9.17, 15) is 9.59 Å². The molecule has 28 heavy (non-hydrogen) atoms. The number of carbonyl (C=O) groups excluding carboxylic acids is 2. The molecule has 1 N–H and O–H groups in total. The molecule has 0 aliphatic heterocycles. The molecule has 1 fully saturated rings. The maximum atomic E-state index is 12.6. The van der Waals surface area contributed by atoms with E-state index in [2.05, 4.69) is 19.2 Å². The largest absolute Gasteiger partial charge is 0.452 e. The minimum Gasteiger partial charge on any atom is -0.452 e. The van der Waals surface area contributed by atoms with Crippen LogP contribution < -0.4 is 5.32 Å². The predicted octanol–water partition coefficient (Wildman–Crippen LogP) is 4.38. The van der Waals surface area contributed by atoms with Gasteiger partial charge in [-0.25, -0.2) is 4.79 Å². The van der Waals surface area contributed by atoms with E-state index in [0.29, 0.717) is 23.8 Å². The van der Waals surface area contributed by atoms with E-state index in [1.54, 1.807) is 6.07 Å². The van der Waals surface area contributed by atoms with Crippen LogP contribution in [0.3, 0.4) is 0 Å². The molecule has 0 bridgehead atoms. The third kappa shape index (κ3) is 5.22. The van der Waals surface area contributed by atoms with Crippen LogP contribution in [-0.2, 0) is 16.0 Å². The van der Waals surface area contributed by atoms with E-state index < -0.39 is 5.97 Å². The van der Waals surface area contributed by atoms with Crippen molar-refractivity contribution < 1.29 is 14.3 Å². The Balaban J connectivity index is 1.57. The van der Waals surface area contributed by atoms with Gasteiger partial charge in [0, 0.05) is 6.04 Å². The van der Waals surface area contributed by atoms with Crippen LogP contribution >= 0.6 is 0 Å². The molecule has 2 aromatic carbocycles. The van der Waals surface area contributed by atoms with E-state index in [-0.39, 0.29) is 18.6 Å². The molecule has 0 heterocycles. The summed E-state index contributed by atoms with van der Waals surface area (Å²) >= 11 is 0. The second-order valence-electron chi connectivity index (χ2n) is 7.84. The summed E-state index contributed by atoms with van der Waals surface area (Å²) in [5.74, 6) is 0.373. The fourth-order valence-electron chi connectivity index (χ4n) is 3.93. The molecule has 0 aromatic heterocycles. The summed E-state index contributed by atoms with van der Waals surface area (Å²) < 4.78 is 5.32. The Kier molecular flexibility index (Phi) is 6.85. The van der Waals surface area contributed by atoms with E-state index in [1.807, 2.05) is 48.5 Å². The topological polar surface area (TPSA) is 55.4 Å². The zero-order valence-corrected chi connectivity index (χ0v) is 16.7. The standard InChI is InChI=1S/C24H29NO3/c1-17-9-8-14-22(18(17)2)25-23(26)16-28-24(27)21-13-7-6-12-20(21)15-19-10-4-3-5-11-19/h3-7,10-13,17-18,22H,8-9,14-16H2,1-2H3,(H,25,26)/t17-,18-,22+/m1/s1. The first-order valence-electron chi connectivity index (χ1n) is 10.1. The van der Waals surface area contributed by atoms with Crippen molar-refractivity contribution in [2.75, 3.05) is 6.61 Å². The number of rotatable bonds is 6. The number of amides is 1. The molecule has 0 spiro atoms. The van der Waals surface area contributed by atoms with Crippen LogP contribution in [0.15, 0.2) is 54.6 Å². The van der Waals surface area contributed by atoms with Crippen LogP contribution in [0, 0.1) is 11.8 Å². The van der Waals surface area contributed by atoms with E-state index in [4.69, 9.17) is 4.74 Å². The van der Waals surface area contributed by atoms with Crippen LogP contribution in [0.2, 0.25) is 0 Å². The quantitative estimate of drug-likeness (QED) is 0.758. The molecule has 0 radical (unpaired) electrons. The minimum absolute atomic E-state index is 0.167. The van der Waals surface area contributed by atoms with Crippen LogP contribution in [-0.4, -0.2) is 24.5 Å². The Morgan fingerprint density at radius 1 is 1.00 bits per heavy atom. The van der Waals surface area contributed by atoms with Crippen LogP contribution in [0.1, 0.15) is 54.6 Å². The third-order valence-corrected chi connectivity index (χ3v) is 5.86. The van der Waals surface area contributed by atoms with Gasteiger partial charge < -0.3 is 10.1 Å². The predicted molar refractivity (Wildman–Crippen MR) is 110 cm³/mol. The average Bonchev–Trinajstić information content (AvgIpc) is 2.71. The van der Waals surface area contributed by atoms with Crippen LogP contribution in [0.25, 0.3) is 0 Å². The monoisotopic (exact) mass is 379 g/mol.